The Balaban J connectivity index is 0.000000770. The van der Waals surface area contributed by atoms with Gasteiger partial charge in [0.1, 0.15) is 0 Å². The fourth-order valence-corrected chi connectivity index (χ4v) is 1.98. The minimum atomic E-state index is -0.208. The summed E-state index contributed by atoms with van der Waals surface area (Å²) in [5.41, 5.74) is 0.221. The Bertz CT molecular complexity index is 564. The molecule has 0 saturated carbocycles. The summed E-state index contributed by atoms with van der Waals surface area (Å²) in [6, 6.07) is 2.80. The second-order valence-electron chi connectivity index (χ2n) is 5.77. The molecular weight excluding hydrogens is 334 g/mol. The van der Waals surface area contributed by atoms with Crippen LogP contribution in [0.3, 0.4) is 0 Å². The molecule has 1 aromatic rings. The zero-order valence-corrected chi connectivity index (χ0v) is 16.5. The van der Waals surface area contributed by atoms with E-state index >= 15 is 0 Å². The van der Waals surface area contributed by atoms with Crippen LogP contribution in [0.25, 0.3) is 0 Å². The third-order valence-corrected chi connectivity index (χ3v) is 3.43. The van der Waals surface area contributed by atoms with Crippen molar-refractivity contribution in [1.29, 1.82) is 0 Å². The maximum atomic E-state index is 11.9. The number of amides is 1. The van der Waals surface area contributed by atoms with E-state index in [1.54, 1.807) is 4.90 Å². The largest absolute Gasteiger partial charge is 0.378 e. The number of ether oxygens (including phenoxy) is 1. The van der Waals surface area contributed by atoms with Gasteiger partial charge in [-0.25, -0.2) is 0 Å². The second kappa shape index (κ2) is 15.3. The van der Waals surface area contributed by atoms with Gasteiger partial charge in [-0.1, -0.05) is 27.2 Å². The summed E-state index contributed by atoms with van der Waals surface area (Å²) in [5.74, 6) is 0.00621. The quantitative estimate of drug-likeness (QED) is 0.799. The van der Waals surface area contributed by atoms with Crippen molar-refractivity contribution in [3.05, 3.63) is 34.2 Å². The number of nitrogens with one attached hydrogen (secondary N) is 1. The molecule has 148 valence electrons. The summed E-state index contributed by atoms with van der Waals surface area (Å²) in [5, 5.41) is 2.93. The molecular formula is C19H33N3O4. The van der Waals surface area contributed by atoms with Crippen molar-refractivity contribution in [3.8, 4) is 0 Å². The molecule has 0 unspecified atom stereocenters. The lowest BCUT2D eigenvalue weighted by Crippen LogP contribution is -2.41. The highest BCUT2D eigenvalue weighted by molar-refractivity contribution is 5.76. The number of hydrogen-bond donors (Lipinski definition) is 1. The molecule has 1 aliphatic rings. The van der Waals surface area contributed by atoms with Gasteiger partial charge in [0, 0.05) is 43.9 Å². The number of pyridine rings is 1. The minimum absolute atomic E-state index is 0.00621. The maximum Gasteiger partial charge on any atom is 0.250 e. The lowest BCUT2D eigenvalue weighted by atomic mass is 10.3. The molecule has 1 amide bonds. The van der Waals surface area contributed by atoms with Gasteiger partial charge in [0.25, 0.3) is 5.56 Å². The van der Waals surface area contributed by atoms with E-state index in [0.717, 1.165) is 6.54 Å². The molecule has 2 rings (SSSR count). The van der Waals surface area contributed by atoms with Gasteiger partial charge in [0.15, 0.2) is 6.29 Å². The smallest absolute Gasteiger partial charge is 0.250 e. The normalized spacial score (nSPS) is 13.0. The first kappa shape index (κ1) is 24.0. The van der Waals surface area contributed by atoms with Crippen LogP contribution in [0.1, 0.15) is 44.0 Å². The average molecular weight is 367 g/mol. The Labute approximate surface area is 156 Å². The van der Waals surface area contributed by atoms with E-state index in [4.69, 9.17) is 4.74 Å². The van der Waals surface area contributed by atoms with Crippen molar-refractivity contribution in [3.63, 3.8) is 0 Å². The summed E-state index contributed by atoms with van der Waals surface area (Å²) in [6.07, 6.45) is 3.66. The molecule has 1 aromatic heterocycles. The molecule has 0 radical (unpaired) electrons. The first-order valence-corrected chi connectivity index (χ1v) is 9.19. The SMILES string of the molecule is CCC.CCNC.O=Cc1ccc(=O)n(CCC(=O)N2CCOCC2)c1. The Hall–Kier alpha value is -1.99. The minimum Gasteiger partial charge on any atom is -0.378 e. The lowest BCUT2D eigenvalue weighted by Gasteiger charge is -2.26. The van der Waals surface area contributed by atoms with Crippen molar-refractivity contribution in [2.45, 2.75) is 40.2 Å². The summed E-state index contributed by atoms with van der Waals surface area (Å²) in [7, 11) is 1.93. The maximum absolute atomic E-state index is 11.9. The molecule has 0 atom stereocenters. The van der Waals surface area contributed by atoms with Crippen LogP contribution in [0.4, 0.5) is 0 Å². The van der Waals surface area contributed by atoms with Crippen molar-refractivity contribution in [2.75, 3.05) is 39.9 Å². The van der Waals surface area contributed by atoms with Crippen molar-refractivity contribution in [1.82, 2.24) is 14.8 Å². The van der Waals surface area contributed by atoms with Crippen LogP contribution in [0.5, 0.6) is 0 Å². The van der Waals surface area contributed by atoms with Gasteiger partial charge < -0.3 is 19.5 Å². The number of carbonyl (C=O) groups is 2. The molecule has 26 heavy (non-hydrogen) atoms. The van der Waals surface area contributed by atoms with Gasteiger partial charge in [-0.05, 0) is 19.7 Å². The molecule has 0 spiro atoms. The first-order valence-electron chi connectivity index (χ1n) is 9.19. The zero-order chi connectivity index (χ0) is 19.8. The van der Waals surface area contributed by atoms with Gasteiger partial charge >= 0.3 is 0 Å². The number of nitrogens with zero attached hydrogens (tertiary/aromatic N) is 2. The predicted octanol–water partition coefficient (Wildman–Crippen LogP) is 1.55. The highest BCUT2D eigenvalue weighted by atomic mass is 16.5. The molecule has 7 nitrogen and oxygen atoms in total. The third kappa shape index (κ3) is 10.1. The lowest BCUT2D eigenvalue weighted by molar-refractivity contribution is -0.135. The van der Waals surface area contributed by atoms with E-state index in [1.807, 2.05) is 7.05 Å². The second-order valence-corrected chi connectivity index (χ2v) is 5.77. The molecule has 7 heteroatoms. The molecule has 1 fully saturated rings. The monoisotopic (exact) mass is 367 g/mol. The summed E-state index contributed by atoms with van der Waals surface area (Å²) >= 11 is 0. The molecule has 0 aliphatic carbocycles. The number of aldehydes is 1. The fourth-order valence-electron chi connectivity index (χ4n) is 1.98. The molecule has 0 bridgehead atoms. The highest BCUT2D eigenvalue weighted by Gasteiger charge is 2.16. The van der Waals surface area contributed by atoms with Crippen molar-refractivity contribution in [2.24, 2.45) is 0 Å². The van der Waals surface area contributed by atoms with Gasteiger partial charge in [-0.3, -0.25) is 14.4 Å². The van der Waals surface area contributed by atoms with Crippen LogP contribution < -0.4 is 10.9 Å². The number of hydrogen-bond acceptors (Lipinski definition) is 5. The van der Waals surface area contributed by atoms with E-state index in [0.29, 0.717) is 38.2 Å². The van der Waals surface area contributed by atoms with Crippen LogP contribution in [0.15, 0.2) is 23.1 Å². The van der Waals surface area contributed by atoms with E-state index in [1.165, 1.54) is 29.3 Å². The standard InChI is InChI=1S/C13H16N2O4.C3H9N.C3H8/c16-10-11-1-2-12(17)15(9-11)4-3-13(18)14-5-7-19-8-6-14;1-3-4-2;1-3-2/h1-2,9-10H,3-8H2;4H,3H2,1-2H3;3H2,1-2H3. The summed E-state index contributed by atoms with van der Waals surface area (Å²) < 4.78 is 6.57. The van der Waals surface area contributed by atoms with Gasteiger partial charge in [-0.15, -0.1) is 0 Å². The van der Waals surface area contributed by atoms with Gasteiger partial charge in [0.05, 0.1) is 13.2 Å². The topological polar surface area (TPSA) is 80.6 Å². The molecule has 0 aromatic carbocycles. The Morgan fingerprint density at radius 3 is 2.31 bits per heavy atom. The van der Waals surface area contributed by atoms with Crippen molar-refractivity contribution < 1.29 is 14.3 Å². The summed E-state index contributed by atoms with van der Waals surface area (Å²) in [4.78, 5) is 35.9. The number of carbonyl (C=O) groups excluding carboxylic acids is 2. The zero-order valence-electron chi connectivity index (χ0n) is 16.5. The van der Waals surface area contributed by atoms with Gasteiger partial charge in [0.2, 0.25) is 5.91 Å². The van der Waals surface area contributed by atoms with Crippen LogP contribution in [-0.2, 0) is 16.1 Å². The van der Waals surface area contributed by atoms with Crippen LogP contribution >= 0.6 is 0 Å². The Morgan fingerprint density at radius 2 is 1.81 bits per heavy atom. The van der Waals surface area contributed by atoms with Crippen LogP contribution in [-0.4, -0.2) is 61.6 Å². The van der Waals surface area contributed by atoms with E-state index < -0.39 is 0 Å². The number of rotatable bonds is 5. The first-order chi connectivity index (χ1) is 12.5. The summed E-state index contributed by atoms with van der Waals surface area (Å²) in [6.45, 7) is 10.00. The number of aromatic nitrogens is 1. The average Bonchev–Trinajstić information content (AvgIpc) is 2.68. The molecule has 1 N–H and O–H groups in total. The van der Waals surface area contributed by atoms with E-state index in [2.05, 4.69) is 26.1 Å². The van der Waals surface area contributed by atoms with E-state index in [9.17, 15) is 14.4 Å². The van der Waals surface area contributed by atoms with Crippen LogP contribution in [0.2, 0.25) is 0 Å². The Morgan fingerprint density at radius 1 is 1.23 bits per heavy atom. The number of morpholine rings is 1. The molecule has 1 saturated heterocycles. The van der Waals surface area contributed by atoms with Crippen LogP contribution in [0, 0.1) is 0 Å². The van der Waals surface area contributed by atoms with E-state index in [-0.39, 0.29) is 24.4 Å². The van der Waals surface area contributed by atoms with Crippen molar-refractivity contribution >= 4 is 12.2 Å². The number of aryl methyl sites for hydroxylation is 1. The van der Waals surface area contributed by atoms with Gasteiger partial charge in [-0.2, -0.15) is 0 Å². The Kier molecular flexibility index (Phi) is 14.1. The predicted molar refractivity (Wildman–Crippen MR) is 104 cm³/mol. The molecule has 2 heterocycles. The molecule has 1 aliphatic heterocycles. The third-order valence-electron chi connectivity index (χ3n) is 3.43. The highest BCUT2D eigenvalue weighted by Crippen LogP contribution is 2.01. The fraction of sp³-hybridized carbons (Fsp3) is 0.632.